The molecule has 0 aliphatic carbocycles. The van der Waals surface area contributed by atoms with Gasteiger partial charge in [-0.25, -0.2) is 19.3 Å². The van der Waals surface area contributed by atoms with Crippen LogP contribution in [-0.2, 0) is 0 Å². The highest BCUT2D eigenvalue weighted by molar-refractivity contribution is 6.04. The second-order valence-corrected chi connectivity index (χ2v) is 5.62. The lowest BCUT2D eigenvalue weighted by Crippen LogP contribution is -2.14. The third-order valence-electron chi connectivity index (χ3n) is 3.84. The summed E-state index contributed by atoms with van der Waals surface area (Å²) in [6.07, 6.45) is 7.36. The molecular weight excluding hydrogens is 364 g/mol. The first kappa shape index (κ1) is 17.0. The number of amides is 1. The molecule has 28 heavy (non-hydrogen) atoms. The molecule has 3 aromatic heterocycles. The van der Waals surface area contributed by atoms with E-state index in [1.807, 2.05) is 0 Å². The molecule has 4 rings (SSSR count). The minimum absolute atomic E-state index is 0.0221. The van der Waals surface area contributed by atoms with Gasteiger partial charge in [0.15, 0.2) is 5.82 Å². The second kappa shape index (κ2) is 7.07. The van der Waals surface area contributed by atoms with Crippen molar-refractivity contribution in [2.45, 2.75) is 0 Å². The van der Waals surface area contributed by atoms with Gasteiger partial charge >= 0.3 is 0 Å². The molecule has 0 radical (unpaired) electrons. The first-order valence-corrected chi connectivity index (χ1v) is 8.03. The van der Waals surface area contributed by atoms with Crippen molar-refractivity contribution < 1.29 is 9.72 Å². The summed E-state index contributed by atoms with van der Waals surface area (Å²) in [5.74, 6) is 0.0404. The number of benzene rings is 1. The van der Waals surface area contributed by atoms with Crippen molar-refractivity contribution >= 4 is 17.3 Å². The number of nitro groups is 1. The smallest absolute Gasteiger partial charge is 0.269 e. The summed E-state index contributed by atoms with van der Waals surface area (Å²) in [6.45, 7) is 0. The average Bonchev–Trinajstić information content (AvgIpc) is 3.41. The Bertz CT molecular complexity index is 1140. The Balaban J connectivity index is 1.55. The van der Waals surface area contributed by atoms with Crippen molar-refractivity contribution in [3.8, 4) is 11.5 Å². The van der Waals surface area contributed by atoms with E-state index in [-0.39, 0.29) is 11.6 Å². The molecule has 0 fully saturated rings. The quantitative estimate of drug-likeness (QED) is 0.416. The summed E-state index contributed by atoms with van der Waals surface area (Å²) >= 11 is 0. The number of nitro benzene ring substituents is 1. The Hall–Kier alpha value is -4.41. The van der Waals surface area contributed by atoms with Gasteiger partial charge in [-0.05, 0) is 24.3 Å². The SMILES string of the molecule is O=C(Nc1cccnc1-n1cncn1)c1cnn(-c2ccc([N+](=O)[O-])cc2)c1. The van der Waals surface area contributed by atoms with Crippen molar-refractivity contribution in [3.05, 3.63) is 83.3 Å². The number of hydrogen-bond donors (Lipinski definition) is 1. The van der Waals surface area contributed by atoms with Crippen LogP contribution in [0.1, 0.15) is 10.4 Å². The van der Waals surface area contributed by atoms with Crippen molar-refractivity contribution in [1.29, 1.82) is 0 Å². The second-order valence-electron chi connectivity index (χ2n) is 5.62. The Morgan fingerprint density at radius 1 is 1.11 bits per heavy atom. The minimum Gasteiger partial charge on any atom is -0.319 e. The van der Waals surface area contributed by atoms with E-state index in [2.05, 4.69) is 25.5 Å². The number of nitrogens with one attached hydrogen (secondary N) is 1. The van der Waals surface area contributed by atoms with E-state index >= 15 is 0 Å². The van der Waals surface area contributed by atoms with E-state index in [1.165, 1.54) is 46.5 Å². The highest BCUT2D eigenvalue weighted by Gasteiger charge is 2.14. The van der Waals surface area contributed by atoms with Crippen molar-refractivity contribution in [2.24, 2.45) is 0 Å². The molecule has 3 heterocycles. The molecule has 1 N–H and O–H groups in total. The van der Waals surface area contributed by atoms with Gasteiger partial charge in [-0.1, -0.05) is 0 Å². The molecule has 0 spiro atoms. The van der Waals surface area contributed by atoms with E-state index in [0.29, 0.717) is 22.8 Å². The molecule has 1 aromatic carbocycles. The molecule has 0 unspecified atom stereocenters. The van der Waals surface area contributed by atoms with Gasteiger partial charge in [0.25, 0.3) is 11.6 Å². The summed E-state index contributed by atoms with van der Waals surface area (Å²) in [5.41, 5.74) is 1.34. The molecule has 138 valence electrons. The number of non-ortho nitro benzene ring substituents is 1. The van der Waals surface area contributed by atoms with Gasteiger partial charge in [0, 0.05) is 24.5 Å². The number of pyridine rings is 1. The summed E-state index contributed by atoms with van der Waals surface area (Å²) in [7, 11) is 0. The molecular formula is C17H12N8O3. The van der Waals surface area contributed by atoms with Crippen LogP contribution >= 0.6 is 0 Å². The maximum atomic E-state index is 12.6. The monoisotopic (exact) mass is 376 g/mol. The van der Waals surface area contributed by atoms with E-state index in [0.717, 1.165) is 0 Å². The predicted molar refractivity (Wildman–Crippen MR) is 97.3 cm³/mol. The van der Waals surface area contributed by atoms with Gasteiger partial charge in [-0.15, -0.1) is 0 Å². The molecule has 4 aromatic rings. The highest BCUT2D eigenvalue weighted by Crippen LogP contribution is 2.18. The molecule has 0 saturated carbocycles. The normalized spacial score (nSPS) is 10.6. The molecule has 0 aliphatic rings. The van der Waals surface area contributed by atoms with Gasteiger partial charge in [-0.2, -0.15) is 10.2 Å². The lowest BCUT2D eigenvalue weighted by molar-refractivity contribution is -0.384. The molecule has 0 atom stereocenters. The maximum Gasteiger partial charge on any atom is 0.269 e. The number of carbonyl (C=O) groups excluding carboxylic acids is 1. The number of nitrogens with zero attached hydrogens (tertiary/aromatic N) is 7. The molecule has 1 amide bonds. The van der Waals surface area contributed by atoms with Crippen LogP contribution in [0.4, 0.5) is 11.4 Å². The fourth-order valence-corrected chi connectivity index (χ4v) is 2.50. The Morgan fingerprint density at radius 2 is 1.93 bits per heavy atom. The zero-order valence-electron chi connectivity index (χ0n) is 14.2. The third kappa shape index (κ3) is 3.31. The number of carbonyl (C=O) groups is 1. The fourth-order valence-electron chi connectivity index (χ4n) is 2.50. The van der Waals surface area contributed by atoms with Crippen molar-refractivity contribution in [2.75, 3.05) is 5.32 Å². The molecule has 0 saturated heterocycles. The van der Waals surface area contributed by atoms with E-state index in [1.54, 1.807) is 30.5 Å². The van der Waals surface area contributed by atoms with Gasteiger partial charge in [0.1, 0.15) is 12.7 Å². The Morgan fingerprint density at radius 3 is 2.64 bits per heavy atom. The molecule has 0 aliphatic heterocycles. The summed E-state index contributed by atoms with van der Waals surface area (Å²) in [5, 5.41) is 21.7. The van der Waals surface area contributed by atoms with Crippen LogP contribution in [-0.4, -0.2) is 40.4 Å². The van der Waals surface area contributed by atoms with Crippen LogP contribution in [0.2, 0.25) is 0 Å². The van der Waals surface area contributed by atoms with Crippen molar-refractivity contribution in [3.63, 3.8) is 0 Å². The lowest BCUT2D eigenvalue weighted by atomic mass is 10.3. The Kier molecular flexibility index (Phi) is 4.30. The van der Waals surface area contributed by atoms with Crippen LogP contribution in [0.3, 0.4) is 0 Å². The van der Waals surface area contributed by atoms with Crippen LogP contribution in [0, 0.1) is 10.1 Å². The van der Waals surface area contributed by atoms with Gasteiger partial charge in [0.05, 0.1) is 28.1 Å². The number of rotatable bonds is 5. The van der Waals surface area contributed by atoms with E-state index < -0.39 is 4.92 Å². The predicted octanol–water partition coefficient (Wildman–Crippen LogP) is 2.01. The maximum absolute atomic E-state index is 12.6. The van der Waals surface area contributed by atoms with Crippen LogP contribution in [0.5, 0.6) is 0 Å². The van der Waals surface area contributed by atoms with Gasteiger partial charge in [-0.3, -0.25) is 14.9 Å². The molecule has 0 bridgehead atoms. The Labute approximate surface area is 157 Å². The number of aromatic nitrogens is 6. The van der Waals surface area contributed by atoms with E-state index in [9.17, 15) is 14.9 Å². The molecule has 11 heteroatoms. The average molecular weight is 376 g/mol. The molecule has 11 nitrogen and oxygen atoms in total. The highest BCUT2D eigenvalue weighted by atomic mass is 16.6. The lowest BCUT2D eigenvalue weighted by Gasteiger charge is -2.08. The third-order valence-corrected chi connectivity index (χ3v) is 3.84. The minimum atomic E-state index is -0.480. The summed E-state index contributed by atoms with van der Waals surface area (Å²) < 4.78 is 2.90. The van der Waals surface area contributed by atoms with Crippen molar-refractivity contribution in [1.82, 2.24) is 29.5 Å². The van der Waals surface area contributed by atoms with Crippen LogP contribution < -0.4 is 5.32 Å². The standard InChI is InChI=1S/C17H12N8O3/c26-17(22-15-2-1-7-19-16(15)24-11-18-10-21-24)12-8-20-23(9-12)13-3-5-14(6-4-13)25(27)28/h1-11H,(H,22,26). The summed E-state index contributed by atoms with van der Waals surface area (Å²) in [4.78, 5) is 30.9. The van der Waals surface area contributed by atoms with Gasteiger partial charge < -0.3 is 5.32 Å². The zero-order chi connectivity index (χ0) is 19.5. The van der Waals surface area contributed by atoms with E-state index in [4.69, 9.17) is 0 Å². The summed E-state index contributed by atoms with van der Waals surface area (Å²) in [6, 6.07) is 9.24. The van der Waals surface area contributed by atoms with Gasteiger partial charge in [0.2, 0.25) is 0 Å². The van der Waals surface area contributed by atoms with Crippen LogP contribution in [0.25, 0.3) is 11.5 Å². The zero-order valence-corrected chi connectivity index (χ0v) is 14.2. The van der Waals surface area contributed by atoms with Crippen LogP contribution in [0.15, 0.2) is 67.6 Å². The largest absolute Gasteiger partial charge is 0.319 e. The number of hydrogen-bond acceptors (Lipinski definition) is 7. The first-order valence-electron chi connectivity index (χ1n) is 8.03. The first-order chi connectivity index (χ1) is 13.6. The topological polar surface area (TPSA) is 134 Å². The number of anilines is 1. The fraction of sp³-hybridized carbons (Fsp3) is 0.